The smallest absolute Gasteiger partial charge is 0.146 e. The number of aromatic nitrogens is 1. The number of nitrogens with zero attached hydrogens (tertiary/aromatic N) is 2. The molecule has 128 valence electrons. The highest BCUT2D eigenvalue weighted by Gasteiger charge is 2.36. The summed E-state index contributed by atoms with van der Waals surface area (Å²) >= 11 is 0. The number of hydrogen-bond donors (Lipinski definition) is 1. The highest BCUT2D eigenvalue weighted by Crippen LogP contribution is 2.24. The summed E-state index contributed by atoms with van der Waals surface area (Å²) in [5, 5.41) is 9.97. The van der Waals surface area contributed by atoms with Gasteiger partial charge in [-0.1, -0.05) is 29.8 Å². The van der Waals surface area contributed by atoms with Gasteiger partial charge in [0.1, 0.15) is 11.4 Å². The first-order valence-corrected chi connectivity index (χ1v) is 8.22. The van der Waals surface area contributed by atoms with Crippen LogP contribution in [0.1, 0.15) is 16.8 Å². The molecule has 1 aliphatic heterocycles. The highest BCUT2D eigenvalue weighted by molar-refractivity contribution is 5.24. The number of halogens is 1. The number of pyridine rings is 1. The first kappa shape index (κ1) is 17.0. The monoisotopic (exact) mass is 330 g/mol. The summed E-state index contributed by atoms with van der Waals surface area (Å²) in [6.07, 6.45) is 2.23. The molecule has 3 rings (SSSR count). The molecule has 2 heterocycles. The fraction of sp³-hybridized carbons (Fsp3) is 0.421. The summed E-state index contributed by atoms with van der Waals surface area (Å²) in [6, 6.07) is 11.2. The maximum Gasteiger partial charge on any atom is 0.146 e. The molecule has 1 N–H and O–H groups in total. The Morgan fingerprint density at radius 2 is 2.21 bits per heavy atom. The summed E-state index contributed by atoms with van der Waals surface area (Å²) in [7, 11) is 0. The van der Waals surface area contributed by atoms with Crippen molar-refractivity contribution in [1.82, 2.24) is 9.88 Å². The molecule has 0 spiro atoms. The van der Waals surface area contributed by atoms with Gasteiger partial charge in [0.2, 0.25) is 0 Å². The SMILES string of the molecule is Cc1cccc(C[C@@]2(CO)CN(Cc3ncccc3F)CCO2)c1. The summed E-state index contributed by atoms with van der Waals surface area (Å²) in [5.74, 6) is -0.294. The summed E-state index contributed by atoms with van der Waals surface area (Å²) in [5.41, 5.74) is 2.10. The Bertz CT molecular complexity index is 695. The van der Waals surface area contributed by atoms with E-state index < -0.39 is 5.60 Å². The second-order valence-corrected chi connectivity index (χ2v) is 6.50. The van der Waals surface area contributed by atoms with Gasteiger partial charge >= 0.3 is 0 Å². The Kier molecular flexibility index (Phi) is 5.23. The predicted molar refractivity (Wildman–Crippen MR) is 90.1 cm³/mol. The van der Waals surface area contributed by atoms with E-state index >= 15 is 0 Å². The lowest BCUT2D eigenvalue weighted by atomic mass is 9.92. The lowest BCUT2D eigenvalue weighted by Crippen LogP contribution is -2.55. The van der Waals surface area contributed by atoms with Crippen molar-refractivity contribution in [3.8, 4) is 0 Å². The molecule has 1 saturated heterocycles. The molecule has 1 fully saturated rings. The zero-order valence-electron chi connectivity index (χ0n) is 13.9. The van der Waals surface area contributed by atoms with Gasteiger partial charge in [-0.15, -0.1) is 0 Å². The van der Waals surface area contributed by atoms with Crippen molar-refractivity contribution in [2.45, 2.75) is 25.5 Å². The van der Waals surface area contributed by atoms with Crippen LogP contribution in [0, 0.1) is 12.7 Å². The molecular weight excluding hydrogens is 307 g/mol. The van der Waals surface area contributed by atoms with Crippen LogP contribution in [-0.2, 0) is 17.7 Å². The van der Waals surface area contributed by atoms with Crippen LogP contribution in [0.15, 0.2) is 42.6 Å². The van der Waals surface area contributed by atoms with Gasteiger partial charge in [-0.05, 0) is 24.6 Å². The lowest BCUT2D eigenvalue weighted by Gasteiger charge is -2.42. The molecule has 2 aromatic rings. The van der Waals surface area contributed by atoms with Crippen LogP contribution in [0.3, 0.4) is 0 Å². The Morgan fingerprint density at radius 1 is 1.33 bits per heavy atom. The van der Waals surface area contributed by atoms with Crippen LogP contribution in [0.5, 0.6) is 0 Å². The van der Waals surface area contributed by atoms with E-state index in [1.165, 1.54) is 11.6 Å². The van der Waals surface area contributed by atoms with Crippen LogP contribution in [0.25, 0.3) is 0 Å². The van der Waals surface area contributed by atoms with Gasteiger partial charge in [-0.3, -0.25) is 9.88 Å². The van der Waals surface area contributed by atoms with Crippen LogP contribution in [-0.4, -0.2) is 46.9 Å². The maximum atomic E-state index is 13.8. The largest absolute Gasteiger partial charge is 0.393 e. The molecule has 0 radical (unpaired) electrons. The Labute approximate surface area is 141 Å². The quantitative estimate of drug-likeness (QED) is 0.914. The molecule has 1 atom stereocenters. The van der Waals surface area contributed by atoms with Gasteiger partial charge in [-0.2, -0.15) is 0 Å². The molecule has 0 bridgehead atoms. The fourth-order valence-electron chi connectivity index (χ4n) is 3.26. The average Bonchev–Trinajstić information content (AvgIpc) is 2.57. The first-order valence-electron chi connectivity index (χ1n) is 8.22. The van der Waals surface area contributed by atoms with E-state index in [0.29, 0.717) is 38.4 Å². The van der Waals surface area contributed by atoms with Crippen molar-refractivity contribution in [1.29, 1.82) is 0 Å². The van der Waals surface area contributed by atoms with E-state index in [1.807, 2.05) is 25.1 Å². The van der Waals surface area contributed by atoms with Gasteiger partial charge < -0.3 is 9.84 Å². The zero-order chi connectivity index (χ0) is 17.0. The number of benzene rings is 1. The molecule has 1 aliphatic rings. The first-order chi connectivity index (χ1) is 11.6. The van der Waals surface area contributed by atoms with Crippen molar-refractivity contribution in [3.63, 3.8) is 0 Å². The Balaban J connectivity index is 1.73. The van der Waals surface area contributed by atoms with Gasteiger partial charge in [0.25, 0.3) is 0 Å². The Morgan fingerprint density at radius 3 is 2.96 bits per heavy atom. The van der Waals surface area contributed by atoms with Crippen LogP contribution < -0.4 is 0 Å². The number of aryl methyl sites for hydroxylation is 1. The number of rotatable bonds is 5. The molecule has 1 aromatic carbocycles. The van der Waals surface area contributed by atoms with Gasteiger partial charge in [0.05, 0.1) is 18.9 Å². The topological polar surface area (TPSA) is 45.6 Å². The van der Waals surface area contributed by atoms with Gasteiger partial charge in [0, 0.05) is 32.3 Å². The standard InChI is InChI=1S/C19H23FN2O2/c1-15-4-2-5-16(10-15)11-19(14-23)13-22(8-9-24-19)12-18-17(20)6-3-7-21-18/h2-7,10,23H,8-9,11-14H2,1H3/t19-/m0/s1. The van der Waals surface area contributed by atoms with Crippen molar-refractivity contribution >= 4 is 0 Å². The molecule has 24 heavy (non-hydrogen) atoms. The molecule has 4 nitrogen and oxygen atoms in total. The summed E-state index contributed by atoms with van der Waals surface area (Å²) < 4.78 is 19.8. The number of aliphatic hydroxyl groups excluding tert-OH is 1. The van der Waals surface area contributed by atoms with Crippen molar-refractivity contribution < 1.29 is 14.2 Å². The second-order valence-electron chi connectivity index (χ2n) is 6.50. The molecule has 5 heteroatoms. The third kappa shape index (κ3) is 3.98. The number of aliphatic hydroxyl groups is 1. The van der Waals surface area contributed by atoms with E-state index in [-0.39, 0.29) is 12.4 Å². The zero-order valence-corrected chi connectivity index (χ0v) is 13.9. The van der Waals surface area contributed by atoms with E-state index in [2.05, 4.69) is 16.0 Å². The number of ether oxygens (including phenoxy) is 1. The van der Waals surface area contributed by atoms with Crippen LogP contribution >= 0.6 is 0 Å². The van der Waals surface area contributed by atoms with Gasteiger partial charge in [0.15, 0.2) is 0 Å². The molecule has 0 saturated carbocycles. The predicted octanol–water partition coefficient (Wildman–Crippen LogP) is 2.34. The highest BCUT2D eigenvalue weighted by atomic mass is 19.1. The molecule has 0 aliphatic carbocycles. The van der Waals surface area contributed by atoms with E-state index in [9.17, 15) is 9.50 Å². The lowest BCUT2D eigenvalue weighted by molar-refractivity contribution is -0.134. The van der Waals surface area contributed by atoms with Crippen LogP contribution in [0.4, 0.5) is 4.39 Å². The Hall–Kier alpha value is -1.82. The van der Waals surface area contributed by atoms with Gasteiger partial charge in [-0.25, -0.2) is 4.39 Å². The van der Waals surface area contributed by atoms with Crippen molar-refractivity contribution in [3.05, 3.63) is 65.2 Å². The molecule has 0 unspecified atom stereocenters. The minimum Gasteiger partial charge on any atom is -0.393 e. The molecule has 0 amide bonds. The maximum absolute atomic E-state index is 13.8. The normalized spacial score (nSPS) is 21.8. The molecule has 1 aromatic heterocycles. The number of hydrogen-bond acceptors (Lipinski definition) is 4. The van der Waals surface area contributed by atoms with Crippen molar-refractivity contribution in [2.75, 3.05) is 26.3 Å². The second kappa shape index (κ2) is 7.38. The third-order valence-corrected chi connectivity index (χ3v) is 4.43. The average molecular weight is 330 g/mol. The minimum absolute atomic E-state index is 0.0673. The van der Waals surface area contributed by atoms with E-state index in [4.69, 9.17) is 4.74 Å². The van der Waals surface area contributed by atoms with E-state index in [0.717, 1.165) is 5.56 Å². The van der Waals surface area contributed by atoms with Crippen LogP contribution in [0.2, 0.25) is 0 Å². The fourth-order valence-corrected chi connectivity index (χ4v) is 3.26. The summed E-state index contributed by atoms with van der Waals surface area (Å²) in [6.45, 7) is 4.17. The summed E-state index contributed by atoms with van der Waals surface area (Å²) in [4.78, 5) is 6.22. The third-order valence-electron chi connectivity index (χ3n) is 4.43. The molecular formula is C19H23FN2O2. The minimum atomic E-state index is -0.655. The van der Waals surface area contributed by atoms with Crippen molar-refractivity contribution in [2.24, 2.45) is 0 Å². The van der Waals surface area contributed by atoms with E-state index in [1.54, 1.807) is 12.3 Å². The number of morpholine rings is 1.